The van der Waals surface area contributed by atoms with E-state index < -0.39 is 0 Å². The van der Waals surface area contributed by atoms with Gasteiger partial charge in [-0.3, -0.25) is 14.5 Å². The summed E-state index contributed by atoms with van der Waals surface area (Å²) in [6.45, 7) is 3.64. The van der Waals surface area contributed by atoms with Crippen LogP contribution >= 0.6 is 0 Å². The lowest BCUT2D eigenvalue weighted by Gasteiger charge is -2.17. The number of carbonyl (C=O) groups is 2. The van der Waals surface area contributed by atoms with Crippen molar-refractivity contribution in [2.45, 2.75) is 19.9 Å². The van der Waals surface area contributed by atoms with E-state index in [1.165, 1.54) is 4.90 Å². The first-order valence-corrected chi connectivity index (χ1v) is 5.87. The van der Waals surface area contributed by atoms with Crippen LogP contribution in [0.25, 0.3) is 10.9 Å². The summed E-state index contributed by atoms with van der Waals surface area (Å²) < 4.78 is 0. The van der Waals surface area contributed by atoms with E-state index >= 15 is 0 Å². The molecule has 4 heteroatoms. The number of nitrogens with zero attached hydrogens (tertiary/aromatic N) is 2. The lowest BCUT2D eigenvalue weighted by molar-refractivity contribution is 0.0607. The van der Waals surface area contributed by atoms with Gasteiger partial charge in [0.2, 0.25) is 0 Å². The van der Waals surface area contributed by atoms with E-state index in [4.69, 9.17) is 0 Å². The van der Waals surface area contributed by atoms with Gasteiger partial charge in [-0.15, -0.1) is 0 Å². The van der Waals surface area contributed by atoms with Crippen LogP contribution in [0, 0.1) is 0 Å². The molecule has 0 fully saturated rings. The average molecular weight is 240 g/mol. The first-order chi connectivity index (χ1) is 8.59. The lowest BCUT2D eigenvalue weighted by Crippen LogP contribution is -2.36. The van der Waals surface area contributed by atoms with Crippen molar-refractivity contribution in [3.63, 3.8) is 0 Å². The van der Waals surface area contributed by atoms with Gasteiger partial charge in [-0.2, -0.15) is 0 Å². The van der Waals surface area contributed by atoms with Gasteiger partial charge in [-0.05, 0) is 26.0 Å². The Kier molecular flexibility index (Phi) is 2.20. The molecule has 90 valence electrons. The highest BCUT2D eigenvalue weighted by Crippen LogP contribution is 2.26. The van der Waals surface area contributed by atoms with Gasteiger partial charge in [0.15, 0.2) is 0 Å². The van der Waals surface area contributed by atoms with Crippen LogP contribution in [0.2, 0.25) is 0 Å². The standard InChI is InChI=1S/C14H12N2O2/c1-8(2)16-13(17)10-7-9-5-3-4-6-11(9)15-12(10)14(16)18/h3-8H,1-2H3. The van der Waals surface area contributed by atoms with Gasteiger partial charge in [0.25, 0.3) is 11.8 Å². The molecule has 1 aliphatic rings. The summed E-state index contributed by atoms with van der Waals surface area (Å²) in [6.07, 6.45) is 0. The fourth-order valence-corrected chi connectivity index (χ4v) is 2.25. The fourth-order valence-electron chi connectivity index (χ4n) is 2.25. The molecule has 18 heavy (non-hydrogen) atoms. The molecule has 0 bridgehead atoms. The number of fused-ring (bicyclic) bond motifs is 2. The Morgan fingerprint density at radius 2 is 1.83 bits per heavy atom. The Balaban J connectivity index is 2.26. The number of hydrogen-bond acceptors (Lipinski definition) is 3. The largest absolute Gasteiger partial charge is 0.280 e. The monoisotopic (exact) mass is 240 g/mol. The summed E-state index contributed by atoms with van der Waals surface area (Å²) in [5, 5.41) is 0.878. The molecule has 1 aliphatic heterocycles. The molecular weight excluding hydrogens is 228 g/mol. The number of hydrogen-bond donors (Lipinski definition) is 0. The number of rotatable bonds is 1. The quantitative estimate of drug-likeness (QED) is 0.718. The molecule has 0 aliphatic carbocycles. The first-order valence-electron chi connectivity index (χ1n) is 5.87. The molecule has 0 saturated heterocycles. The minimum absolute atomic E-state index is 0.151. The van der Waals surface area contributed by atoms with Crippen LogP contribution in [-0.4, -0.2) is 27.7 Å². The average Bonchev–Trinajstić information content (AvgIpc) is 2.59. The van der Waals surface area contributed by atoms with E-state index in [1.54, 1.807) is 6.07 Å². The van der Waals surface area contributed by atoms with E-state index in [2.05, 4.69) is 4.98 Å². The molecule has 2 amide bonds. The molecule has 0 atom stereocenters. The maximum absolute atomic E-state index is 12.2. The summed E-state index contributed by atoms with van der Waals surface area (Å²) in [5.74, 6) is -0.543. The number of para-hydroxylation sites is 1. The molecule has 1 aromatic carbocycles. The molecule has 0 unspecified atom stereocenters. The SMILES string of the molecule is CC(C)N1C(=O)c2cc3ccccc3nc2C1=O. The van der Waals surface area contributed by atoms with Gasteiger partial charge in [0.05, 0.1) is 11.1 Å². The molecule has 0 N–H and O–H groups in total. The second-order valence-corrected chi connectivity index (χ2v) is 4.65. The van der Waals surface area contributed by atoms with Crippen molar-refractivity contribution in [2.75, 3.05) is 0 Å². The van der Waals surface area contributed by atoms with Crippen molar-refractivity contribution in [2.24, 2.45) is 0 Å². The normalized spacial score (nSPS) is 14.7. The van der Waals surface area contributed by atoms with Crippen molar-refractivity contribution >= 4 is 22.7 Å². The zero-order valence-electron chi connectivity index (χ0n) is 10.2. The van der Waals surface area contributed by atoms with Crippen LogP contribution in [0.3, 0.4) is 0 Å². The first kappa shape index (κ1) is 10.9. The van der Waals surface area contributed by atoms with Crippen molar-refractivity contribution in [3.8, 4) is 0 Å². The van der Waals surface area contributed by atoms with E-state index in [0.717, 1.165) is 10.9 Å². The molecule has 2 aromatic rings. The third-order valence-corrected chi connectivity index (χ3v) is 3.11. The number of carbonyl (C=O) groups excluding carboxylic acids is 2. The fraction of sp³-hybridized carbons (Fsp3) is 0.214. The minimum atomic E-state index is -0.296. The second kappa shape index (κ2) is 3.63. The van der Waals surface area contributed by atoms with Crippen LogP contribution in [0.15, 0.2) is 30.3 Å². The van der Waals surface area contributed by atoms with Gasteiger partial charge < -0.3 is 0 Å². The molecule has 0 radical (unpaired) electrons. The molecule has 0 saturated carbocycles. The zero-order chi connectivity index (χ0) is 12.9. The third kappa shape index (κ3) is 1.35. The zero-order valence-corrected chi connectivity index (χ0v) is 10.2. The predicted molar refractivity (Wildman–Crippen MR) is 67.4 cm³/mol. The van der Waals surface area contributed by atoms with E-state index in [9.17, 15) is 9.59 Å². The smallest absolute Gasteiger partial charge is 0.270 e. The Morgan fingerprint density at radius 3 is 2.56 bits per heavy atom. The Hall–Kier alpha value is -2.23. The van der Waals surface area contributed by atoms with Gasteiger partial charge in [-0.1, -0.05) is 18.2 Å². The van der Waals surface area contributed by atoms with Crippen LogP contribution in [0.4, 0.5) is 0 Å². The lowest BCUT2D eigenvalue weighted by atomic mass is 10.1. The Bertz CT molecular complexity index is 622. The predicted octanol–water partition coefficient (Wildman–Crippen LogP) is 2.24. The Morgan fingerprint density at radius 1 is 1.11 bits per heavy atom. The number of aromatic nitrogens is 1. The third-order valence-electron chi connectivity index (χ3n) is 3.11. The summed E-state index contributed by atoms with van der Waals surface area (Å²) in [6, 6.07) is 9.08. The molecule has 3 rings (SSSR count). The van der Waals surface area contributed by atoms with Gasteiger partial charge in [0.1, 0.15) is 5.69 Å². The highest BCUT2D eigenvalue weighted by Gasteiger charge is 2.38. The van der Waals surface area contributed by atoms with Gasteiger partial charge >= 0.3 is 0 Å². The number of imide groups is 1. The Labute approximate surface area is 104 Å². The van der Waals surface area contributed by atoms with Crippen molar-refractivity contribution in [1.82, 2.24) is 9.88 Å². The van der Waals surface area contributed by atoms with Gasteiger partial charge in [0, 0.05) is 11.4 Å². The van der Waals surface area contributed by atoms with E-state index in [1.807, 2.05) is 38.1 Å². The maximum atomic E-state index is 12.2. The highest BCUT2D eigenvalue weighted by molar-refractivity contribution is 6.21. The summed E-state index contributed by atoms with van der Waals surface area (Å²) in [5.41, 5.74) is 1.42. The maximum Gasteiger partial charge on any atom is 0.280 e. The van der Waals surface area contributed by atoms with Gasteiger partial charge in [-0.25, -0.2) is 4.98 Å². The summed E-state index contributed by atoms with van der Waals surface area (Å²) >= 11 is 0. The van der Waals surface area contributed by atoms with Crippen LogP contribution < -0.4 is 0 Å². The molecular formula is C14H12N2O2. The van der Waals surface area contributed by atoms with Crippen LogP contribution in [0.5, 0.6) is 0 Å². The summed E-state index contributed by atoms with van der Waals surface area (Å²) in [7, 11) is 0. The minimum Gasteiger partial charge on any atom is -0.270 e. The highest BCUT2D eigenvalue weighted by atomic mass is 16.2. The second-order valence-electron chi connectivity index (χ2n) is 4.65. The van der Waals surface area contributed by atoms with E-state index in [-0.39, 0.29) is 23.6 Å². The van der Waals surface area contributed by atoms with Crippen LogP contribution in [-0.2, 0) is 0 Å². The molecule has 1 aromatic heterocycles. The topological polar surface area (TPSA) is 50.3 Å². The van der Waals surface area contributed by atoms with E-state index in [0.29, 0.717) is 5.56 Å². The molecule has 2 heterocycles. The van der Waals surface area contributed by atoms with Crippen molar-refractivity contribution < 1.29 is 9.59 Å². The van der Waals surface area contributed by atoms with Crippen molar-refractivity contribution in [3.05, 3.63) is 41.6 Å². The molecule has 4 nitrogen and oxygen atoms in total. The van der Waals surface area contributed by atoms with Crippen LogP contribution in [0.1, 0.15) is 34.7 Å². The number of benzene rings is 1. The molecule has 0 spiro atoms. The summed E-state index contributed by atoms with van der Waals surface area (Å²) in [4.78, 5) is 29.9. The number of amides is 2. The van der Waals surface area contributed by atoms with Crippen molar-refractivity contribution in [1.29, 1.82) is 0 Å². The number of pyridine rings is 1.